The molecule has 1 atom stereocenters. The highest BCUT2D eigenvalue weighted by Crippen LogP contribution is 2.10. The average Bonchev–Trinajstić information content (AvgIpc) is 2.37. The van der Waals surface area contributed by atoms with Gasteiger partial charge in [-0.05, 0) is 37.1 Å². The molecule has 0 saturated carbocycles. The van der Waals surface area contributed by atoms with E-state index < -0.39 is 10.8 Å². The number of hydrogen-bond donors (Lipinski definition) is 1. The van der Waals surface area contributed by atoms with Crippen LogP contribution in [-0.4, -0.2) is 30.4 Å². The van der Waals surface area contributed by atoms with Crippen molar-refractivity contribution in [2.75, 3.05) is 13.7 Å². The first kappa shape index (κ1) is 14.7. The number of ether oxygens (including phenoxy) is 1. The number of carbonyl (C=O) groups excluding carboxylic acids is 2. The minimum Gasteiger partial charge on any atom is -0.468 e. The summed E-state index contributed by atoms with van der Waals surface area (Å²) in [4.78, 5) is 22.4. The molecule has 0 aliphatic rings. The molecule has 0 aromatic heterocycles. The van der Waals surface area contributed by atoms with Gasteiger partial charge in [-0.3, -0.25) is 9.59 Å². The molecule has 1 unspecified atom stereocenters. The van der Waals surface area contributed by atoms with Crippen LogP contribution in [0.2, 0.25) is 0 Å². The van der Waals surface area contributed by atoms with Crippen molar-refractivity contribution in [2.24, 2.45) is 0 Å². The summed E-state index contributed by atoms with van der Waals surface area (Å²) in [7, 11) is 1.31. The van der Waals surface area contributed by atoms with Crippen LogP contribution in [-0.2, 0) is 9.53 Å². The molecule has 0 spiro atoms. The van der Waals surface area contributed by atoms with E-state index in [0.717, 1.165) is 11.1 Å². The van der Waals surface area contributed by atoms with Gasteiger partial charge >= 0.3 is 5.97 Å². The van der Waals surface area contributed by atoms with E-state index in [1.54, 1.807) is 6.07 Å². The van der Waals surface area contributed by atoms with E-state index in [9.17, 15) is 9.59 Å². The number of halogens is 1. The Balaban J connectivity index is 2.60. The van der Waals surface area contributed by atoms with Crippen molar-refractivity contribution in [3.05, 3.63) is 34.9 Å². The molecular weight excluding hydrogens is 298 g/mol. The van der Waals surface area contributed by atoms with Crippen LogP contribution in [0.15, 0.2) is 18.2 Å². The summed E-state index contributed by atoms with van der Waals surface area (Å²) in [6.45, 7) is 4.13. The van der Waals surface area contributed by atoms with Gasteiger partial charge in [0.2, 0.25) is 0 Å². The molecule has 0 saturated heterocycles. The Labute approximate surface area is 115 Å². The summed E-state index contributed by atoms with van der Waals surface area (Å²) in [5.74, 6) is -0.609. The number of benzene rings is 1. The molecule has 1 N–H and O–H groups in total. The molecule has 5 heteroatoms. The number of alkyl halides is 1. The fraction of sp³-hybridized carbons (Fsp3) is 0.385. The lowest BCUT2D eigenvalue weighted by Gasteiger charge is -2.10. The van der Waals surface area contributed by atoms with Gasteiger partial charge < -0.3 is 10.1 Å². The molecule has 0 bridgehead atoms. The van der Waals surface area contributed by atoms with Crippen molar-refractivity contribution in [2.45, 2.75) is 18.7 Å². The molecule has 1 rings (SSSR count). The van der Waals surface area contributed by atoms with Crippen LogP contribution >= 0.6 is 15.9 Å². The molecule has 18 heavy (non-hydrogen) atoms. The minimum atomic E-state index is -0.530. The molecule has 1 amide bonds. The quantitative estimate of drug-likeness (QED) is 0.683. The first-order valence-electron chi connectivity index (χ1n) is 5.53. The number of hydrogen-bond acceptors (Lipinski definition) is 3. The second kappa shape index (κ2) is 6.54. The Morgan fingerprint density at radius 2 is 2.00 bits per heavy atom. The third-order valence-corrected chi connectivity index (χ3v) is 3.37. The second-order valence-electron chi connectivity index (χ2n) is 4.00. The molecule has 4 nitrogen and oxygen atoms in total. The smallest absolute Gasteiger partial charge is 0.321 e. The zero-order valence-electron chi connectivity index (χ0n) is 10.6. The van der Waals surface area contributed by atoms with Crippen LogP contribution in [0.4, 0.5) is 0 Å². The number of methoxy groups -OCH3 is 1. The molecule has 0 radical (unpaired) electrons. The summed E-state index contributed by atoms with van der Waals surface area (Å²) in [5, 5.41) is 2.67. The van der Waals surface area contributed by atoms with Crippen LogP contribution in [0.3, 0.4) is 0 Å². The largest absolute Gasteiger partial charge is 0.468 e. The standard InChI is InChI=1S/C13H16BrNO3/c1-8-4-5-10(6-9(8)2)12(16)15-7-11(14)13(17)18-3/h4-6,11H,7H2,1-3H3,(H,15,16). The molecule has 0 aliphatic carbocycles. The van der Waals surface area contributed by atoms with E-state index in [4.69, 9.17) is 0 Å². The molecule has 98 valence electrons. The summed E-state index contributed by atoms with van der Waals surface area (Å²) in [6, 6.07) is 5.49. The van der Waals surface area contributed by atoms with Gasteiger partial charge in [0.15, 0.2) is 0 Å². The number of aryl methyl sites for hydroxylation is 2. The summed E-state index contributed by atoms with van der Waals surface area (Å²) >= 11 is 3.14. The molecule has 0 heterocycles. The fourth-order valence-electron chi connectivity index (χ4n) is 1.38. The fourth-order valence-corrected chi connectivity index (χ4v) is 1.73. The van der Waals surface area contributed by atoms with E-state index in [2.05, 4.69) is 26.0 Å². The zero-order chi connectivity index (χ0) is 13.7. The Hall–Kier alpha value is -1.36. The number of amides is 1. The van der Waals surface area contributed by atoms with Crippen molar-refractivity contribution in [1.29, 1.82) is 0 Å². The topological polar surface area (TPSA) is 55.4 Å². The summed E-state index contributed by atoms with van der Waals surface area (Å²) in [6.07, 6.45) is 0. The Morgan fingerprint density at radius 1 is 1.33 bits per heavy atom. The monoisotopic (exact) mass is 313 g/mol. The Kier molecular flexibility index (Phi) is 5.34. The lowest BCUT2D eigenvalue weighted by Crippen LogP contribution is -2.33. The maximum absolute atomic E-state index is 11.8. The van der Waals surface area contributed by atoms with Crippen LogP contribution in [0.25, 0.3) is 0 Å². The predicted molar refractivity (Wildman–Crippen MR) is 73.0 cm³/mol. The van der Waals surface area contributed by atoms with Gasteiger partial charge in [-0.2, -0.15) is 0 Å². The Morgan fingerprint density at radius 3 is 2.56 bits per heavy atom. The van der Waals surface area contributed by atoms with Gasteiger partial charge in [0, 0.05) is 12.1 Å². The summed E-state index contributed by atoms with van der Waals surface area (Å²) in [5.41, 5.74) is 2.79. The van der Waals surface area contributed by atoms with Crippen molar-refractivity contribution in [3.63, 3.8) is 0 Å². The zero-order valence-corrected chi connectivity index (χ0v) is 12.2. The van der Waals surface area contributed by atoms with E-state index in [-0.39, 0.29) is 12.5 Å². The van der Waals surface area contributed by atoms with Crippen LogP contribution in [0, 0.1) is 13.8 Å². The van der Waals surface area contributed by atoms with Crippen molar-refractivity contribution >= 4 is 27.8 Å². The summed E-state index contributed by atoms with van der Waals surface area (Å²) < 4.78 is 4.55. The molecule has 0 aliphatic heterocycles. The highest BCUT2D eigenvalue weighted by molar-refractivity contribution is 9.10. The Bertz CT molecular complexity index is 460. The van der Waals surface area contributed by atoms with Gasteiger partial charge in [-0.1, -0.05) is 22.0 Å². The predicted octanol–water partition coefficient (Wildman–Crippen LogP) is 1.97. The third-order valence-electron chi connectivity index (χ3n) is 2.67. The SMILES string of the molecule is COC(=O)C(Br)CNC(=O)c1ccc(C)c(C)c1. The number of nitrogens with one attached hydrogen (secondary N) is 1. The number of rotatable bonds is 4. The molecule has 0 fully saturated rings. The highest BCUT2D eigenvalue weighted by Gasteiger charge is 2.16. The van der Waals surface area contributed by atoms with Crippen LogP contribution in [0.1, 0.15) is 21.5 Å². The van der Waals surface area contributed by atoms with Gasteiger partial charge in [0.05, 0.1) is 7.11 Å². The van der Waals surface area contributed by atoms with Crippen molar-refractivity contribution < 1.29 is 14.3 Å². The number of carbonyl (C=O) groups is 2. The van der Waals surface area contributed by atoms with Gasteiger partial charge in [0.25, 0.3) is 5.91 Å². The maximum atomic E-state index is 11.8. The van der Waals surface area contributed by atoms with E-state index in [1.165, 1.54) is 7.11 Å². The first-order valence-corrected chi connectivity index (χ1v) is 6.44. The van der Waals surface area contributed by atoms with Crippen LogP contribution < -0.4 is 5.32 Å². The number of esters is 1. The second-order valence-corrected chi connectivity index (χ2v) is 5.11. The average molecular weight is 314 g/mol. The van der Waals surface area contributed by atoms with E-state index in [0.29, 0.717) is 5.56 Å². The third kappa shape index (κ3) is 3.84. The minimum absolute atomic E-state index is 0.193. The van der Waals surface area contributed by atoms with Crippen LogP contribution in [0.5, 0.6) is 0 Å². The highest BCUT2D eigenvalue weighted by atomic mass is 79.9. The molecule has 1 aromatic carbocycles. The van der Waals surface area contributed by atoms with Gasteiger partial charge in [-0.15, -0.1) is 0 Å². The van der Waals surface area contributed by atoms with E-state index >= 15 is 0 Å². The van der Waals surface area contributed by atoms with Gasteiger partial charge in [0.1, 0.15) is 4.83 Å². The maximum Gasteiger partial charge on any atom is 0.321 e. The molecule has 1 aromatic rings. The molecular formula is C13H16BrNO3. The van der Waals surface area contributed by atoms with Crippen molar-refractivity contribution in [1.82, 2.24) is 5.32 Å². The lowest BCUT2D eigenvalue weighted by molar-refractivity contribution is -0.139. The first-order chi connectivity index (χ1) is 8.45. The van der Waals surface area contributed by atoms with Crippen molar-refractivity contribution in [3.8, 4) is 0 Å². The van der Waals surface area contributed by atoms with Gasteiger partial charge in [-0.25, -0.2) is 0 Å². The normalized spacial score (nSPS) is 11.8. The lowest BCUT2D eigenvalue weighted by atomic mass is 10.1. The van der Waals surface area contributed by atoms with E-state index in [1.807, 2.05) is 26.0 Å².